The van der Waals surface area contributed by atoms with Crippen LogP contribution in [0.25, 0.3) is 22.4 Å². The average Bonchev–Trinajstić information content (AvgIpc) is 2.81. The molecule has 5 heteroatoms. The Morgan fingerprint density at radius 1 is 1.14 bits per heavy atom. The van der Waals surface area contributed by atoms with E-state index in [1.807, 2.05) is 31.2 Å². The van der Waals surface area contributed by atoms with Crippen LogP contribution >= 0.6 is 11.6 Å². The van der Waals surface area contributed by atoms with Crippen molar-refractivity contribution in [3.8, 4) is 22.4 Å². The number of rotatable bonds is 2. The van der Waals surface area contributed by atoms with Gasteiger partial charge in [0, 0.05) is 11.1 Å². The summed E-state index contributed by atoms with van der Waals surface area (Å²) >= 11 is 6.15. The molecule has 3 rings (SSSR count). The van der Waals surface area contributed by atoms with Gasteiger partial charge in [-0.05, 0) is 30.7 Å². The zero-order valence-corrected chi connectivity index (χ0v) is 12.1. The lowest BCUT2D eigenvalue weighted by Crippen LogP contribution is -1.91. The molecule has 3 aromatic rings. The number of hydrogen-bond acceptors (Lipinski definition) is 2. The molecule has 0 fully saturated rings. The SMILES string of the molecule is Cc1ccccc1-c1[nH]nc(N)c1-c1ccc(F)cc1Cl. The van der Waals surface area contributed by atoms with Crippen LogP contribution in [0.1, 0.15) is 5.56 Å². The first-order valence-electron chi connectivity index (χ1n) is 6.43. The fourth-order valence-corrected chi connectivity index (χ4v) is 2.63. The van der Waals surface area contributed by atoms with Crippen LogP contribution in [0, 0.1) is 12.7 Å². The van der Waals surface area contributed by atoms with Crippen molar-refractivity contribution in [3.05, 3.63) is 58.9 Å². The van der Waals surface area contributed by atoms with Gasteiger partial charge in [0.05, 0.1) is 16.3 Å². The molecule has 0 unspecified atom stereocenters. The van der Waals surface area contributed by atoms with Crippen LogP contribution in [0.3, 0.4) is 0 Å². The number of benzene rings is 2. The first-order chi connectivity index (χ1) is 10.1. The molecule has 0 amide bonds. The van der Waals surface area contributed by atoms with Crippen molar-refractivity contribution in [2.75, 3.05) is 5.73 Å². The van der Waals surface area contributed by atoms with Crippen LogP contribution in [-0.4, -0.2) is 10.2 Å². The van der Waals surface area contributed by atoms with E-state index >= 15 is 0 Å². The summed E-state index contributed by atoms with van der Waals surface area (Å²) in [6, 6.07) is 12.1. The molecule has 3 N–H and O–H groups in total. The van der Waals surface area contributed by atoms with Crippen LogP contribution in [0.5, 0.6) is 0 Å². The first kappa shape index (κ1) is 13.6. The summed E-state index contributed by atoms with van der Waals surface area (Å²) in [4.78, 5) is 0. The van der Waals surface area contributed by atoms with Gasteiger partial charge < -0.3 is 5.73 Å². The summed E-state index contributed by atoms with van der Waals surface area (Å²) < 4.78 is 13.2. The van der Waals surface area contributed by atoms with Gasteiger partial charge in [0.25, 0.3) is 0 Å². The maximum absolute atomic E-state index is 13.2. The van der Waals surface area contributed by atoms with Crippen LogP contribution in [0.2, 0.25) is 5.02 Å². The van der Waals surface area contributed by atoms with Gasteiger partial charge in [0.15, 0.2) is 5.82 Å². The van der Waals surface area contributed by atoms with Crippen molar-refractivity contribution in [1.82, 2.24) is 10.2 Å². The topological polar surface area (TPSA) is 54.7 Å². The molecule has 0 aliphatic heterocycles. The van der Waals surface area contributed by atoms with Gasteiger partial charge in [-0.2, -0.15) is 5.10 Å². The number of nitrogen functional groups attached to an aromatic ring is 1. The smallest absolute Gasteiger partial charge is 0.153 e. The highest BCUT2D eigenvalue weighted by molar-refractivity contribution is 6.33. The summed E-state index contributed by atoms with van der Waals surface area (Å²) in [7, 11) is 0. The van der Waals surface area contributed by atoms with E-state index < -0.39 is 0 Å². The molecular weight excluding hydrogens is 289 g/mol. The normalized spacial score (nSPS) is 10.8. The summed E-state index contributed by atoms with van der Waals surface area (Å²) in [5, 5.41) is 7.32. The monoisotopic (exact) mass is 301 g/mol. The number of H-pyrrole nitrogens is 1. The second-order valence-electron chi connectivity index (χ2n) is 4.80. The molecule has 21 heavy (non-hydrogen) atoms. The Morgan fingerprint density at radius 3 is 2.62 bits per heavy atom. The minimum absolute atomic E-state index is 0.304. The average molecular weight is 302 g/mol. The molecule has 106 valence electrons. The summed E-state index contributed by atoms with van der Waals surface area (Å²) in [5.74, 6) is -0.0509. The van der Waals surface area contributed by atoms with Crippen molar-refractivity contribution in [2.45, 2.75) is 6.92 Å². The highest BCUT2D eigenvalue weighted by Crippen LogP contribution is 2.39. The molecule has 0 radical (unpaired) electrons. The zero-order chi connectivity index (χ0) is 15.0. The predicted molar refractivity (Wildman–Crippen MR) is 83.6 cm³/mol. The van der Waals surface area contributed by atoms with E-state index in [-0.39, 0.29) is 5.82 Å². The number of nitrogens with one attached hydrogen (secondary N) is 1. The predicted octanol–water partition coefficient (Wildman–Crippen LogP) is 4.43. The second kappa shape index (κ2) is 5.22. The first-order valence-corrected chi connectivity index (χ1v) is 6.81. The fraction of sp³-hybridized carbons (Fsp3) is 0.0625. The molecule has 2 aromatic carbocycles. The van der Waals surface area contributed by atoms with Gasteiger partial charge in [-0.15, -0.1) is 0 Å². The molecule has 0 atom stereocenters. The van der Waals surface area contributed by atoms with Crippen molar-refractivity contribution in [1.29, 1.82) is 0 Å². The molecule has 3 nitrogen and oxygen atoms in total. The minimum atomic E-state index is -0.386. The van der Waals surface area contributed by atoms with E-state index in [4.69, 9.17) is 17.3 Å². The lowest BCUT2D eigenvalue weighted by Gasteiger charge is -2.09. The van der Waals surface area contributed by atoms with Gasteiger partial charge in [0.1, 0.15) is 5.82 Å². The molecular formula is C16H13ClFN3. The number of nitrogens with two attached hydrogens (primary N) is 1. The Bertz CT molecular complexity index is 811. The van der Waals surface area contributed by atoms with E-state index in [1.165, 1.54) is 12.1 Å². The van der Waals surface area contributed by atoms with Gasteiger partial charge in [-0.3, -0.25) is 5.10 Å². The molecule has 0 saturated heterocycles. The third-order valence-corrected chi connectivity index (χ3v) is 3.72. The number of halogens is 2. The van der Waals surface area contributed by atoms with Crippen molar-refractivity contribution >= 4 is 17.4 Å². The van der Waals surface area contributed by atoms with E-state index in [2.05, 4.69) is 10.2 Å². The largest absolute Gasteiger partial charge is 0.382 e. The number of anilines is 1. The lowest BCUT2D eigenvalue weighted by atomic mass is 9.98. The quantitative estimate of drug-likeness (QED) is 0.736. The fourth-order valence-electron chi connectivity index (χ4n) is 2.37. The van der Waals surface area contributed by atoms with Crippen LogP contribution in [0.4, 0.5) is 10.2 Å². The van der Waals surface area contributed by atoms with Crippen LogP contribution < -0.4 is 5.73 Å². The van der Waals surface area contributed by atoms with Gasteiger partial charge >= 0.3 is 0 Å². The van der Waals surface area contributed by atoms with E-state index in [0.29, 0.717) is 22.0 Å². The number of aromatic amines is 1. The number of aromatic nitrogens is 2. The molecule has 0 aliphatic carbocycles. The van der Waals surface area contributed by atoms with Gasteiger partial charge in [0.2, 0.25) is 0 Å². The summed E-state index contributed by atoms with van der Waals surface area (Å²) in [5.41, 5.74) is 10.2. The minimum Gasteiger partial charge on any atom is -0.382 e. The third kappa shape index (κ3) is 2.38. The Labute approximate surface area is 126 Å². The van der Waals surface area contributed by atoms with E-state index in [9.17, 15) is 4.39 Å². The highest BCUT2D eigenvalue weighted by atomic mass is 35.5. The molecule has 0 saturated carbocycles. The number of aryl methyl sites for hydroxylation is 1. The maximum atomic E-state index is 13.2. The number of hydrogen-bond donors (Lipinski definition) is 2. The zero-order valence-electron chi connectivity index (χ0n) is 11.3. The standard InChI is InChI=1S/C16H13ClFN3/c1-9-4-2-3-5-11(9)15-14(16(19)21-20-15)12-7-6-10(18)8-13(12)17/h2-8H,1H3,(H3,19,20,21). The molecule has 0 spiro atoms. The highest BCUT2D eigenvalue weighted by Gasteiger charge is 2.18. The lowest BCUT2D eigenvalue weighted by molar-refractivity contribution is 0.628. The Morgan fingerprint density at radius 2 is 1.90 bits per heavy atom. The van der Waals surface area contributed by atoms with Crippen molar-refractivity contribution < 1.29 is 4.39 Å². The van der Waals surface area contributed by atoms with Crippen LogP contribution in [0.15, 0.2) is 42.5 Å². The van der Waals surface area contributed by atoms with Crippen molar-refractivity contribution in [2.24, 2.45) is 0 Å². The van der Waals surface area contributed by atoms with Crippen LogP contribution in [-0.2, 0) is 0 Å². The second-order valence-corrected chi connectivity index (χ2v) is 5.21. The molecule has 1 aromatic heterocycles. The molecule has 0 aliphatic rings. The van der Waals surface area contributed by atoms with Gasteiger partial charge in [-0.1, -0.05) is 35.9 Å². The Balaban J connectivity index is 2.25. The third-order valence-electron chi connectivity index (χ3n) is 3.41. The van der Waals surface area contributed by atoms with Crippen molar-refractivity contribution in [3.63, 3.8) is 0 Å². The Kier molecular flexibility index (Phi) is 3.39. The molecule has 1 heterocycles. The summed E-state index contributed by atoms with van der Waals surface area (Å²) in [6.07, 6.45) is 0. The van der Waals surface area contributed by atoms with E-state index in [0.717, 1.165) is 16.8 Å². The molecule has 0 bridgehead atoms. The van der Waals surface area contributed by atoms with Gasteiger partial charge in [-0.25, -0.2) is 4.39 Å². The summed E-state index contributed by atoms with van der Waals surface area (Å²) in [6.45, 7) is 2.00. The maximum Gasteiger partial charge on any atom is 0.153 e. The Hall–Kier alpha value is -2.33. The van der Waals surface area contributed by atoms with E-state index in [1.54, 1.807) is 6.07 Å². The number of nitrogens with zero attached hydrogens (tertiary/aromatic N) is 1.